The Morgan fingerprint density at radius 1 is 1.38 bits per heavy atom. The molecule has 9 heteroatoms. The van der Waals surface area contributed by atoms with Gasteiger partial charge in [-0.3, -0.25) is 9.59 Å². The Bertz CT molecular complexity index is 408. The Kier molecular flexibility index (Phi) is 6.66. The van der Waals surface area contributed by atoms with E-state index >= 15 is 0 Å². The van der Waals surface area contributed by atoms with Crippen LogP contribution in [-0.4, -0.2) is 41.6 Å². The van der Waals surface area contributed by atoms with Crippen molar-refractivity contribution in [1.29, 1.82) is 0 Å². The zero-order valence-corrected chi connectivity index (χ0v) is 12.2. The number of carbonyl (C=O) groups is 3. The Labute approximate surface area is 124 Å². The van der Waals surface area contributed by atoms with E-state index in [4.69, 9.17) is 0 Å². The number of hydrogen-bond acceptors (Lipinski definition) is 6. The topological polar surface area (TPSA) is 72.5 Å². The van der Waals surface area contributed by atoms with Gasteiger partial charge in [-0.15, -0.1) is 0 Å². The summed E-state index contributed by atoms with van der Waals surface area (Å²) < 4.78 is 42.7. The van der Waals surface area contributed by atoms with Gasteiger partial charge in [0.2, 0.25) is 0 Å². The zero-order chi connectivity index (χ0) is 16.0. The molecular formula is C12H16F3NO4S. The van der Waals surface area contributed by atoms with E-state index in [0.29, 0.717) is 31.1 Å². The minimum Gasteiger partial charge on any atom is -0.391 e. The van der Waals surface area contributed by atoms with Gasteiger partial charge in [0.05, 0.1) is 0 Å². The molecule has 1 aliphatic rings. The largest absolute Gasteiger partial charge is 0.403 e. The molecule has 0 amide bonds. The van der Waals surface area contributed by atoms with Crippen molar-refractivity contribution in [3.05, 3.63) is 0 Å². The van der Waals surface area contributed by atoms with Crippen LogP contribution >= 0.6 is 11.8 Å². The molecule has 0 radical (unpaired) electrons. The second kappa shape index (κ2) is 7.79. The quantitative estimate of drug-likeness (QED) is 0.611. The second-order valence-electron chi connectivity index (χ2n) is 4.52. The first-order valence-corrected chi connectivity index (χ1v) is 7.45. The first kappa shape index (κ1) is 18.0. The van der Waals surface area contributed by atoms with Crippen LogP contribution in [-0.2, 0) is 19.1 Å². The van der Waals surface area contributed by atoms with Crippen LogP contribution in [0.2, 0.25) is 0 Å². The molecule has 21 heavy (non-hydrogen) atoms. The first-order valence-electron chi connectivity index (χ1n) is 6.47. The molecule has 0 saturated carbocycles. The lowest BCUT2D eigenvalue weighted by Crippen LogP contribution is -2.40. The number of hydrogen-bond donors (Lipinski definition) is 1. The van der Waals surface area contributed by atoms with Gasteiger partial charge in [-0.25, -0.2) is 4.79 Å². The maximum absolute atomic E-state index is 12.8. The maximum Gasteiger partial charge on any atom is 0.403 e. The third-order valence-electron chi connectivity index (χ3n) is 2.93. The van der Waals surface area contributed by atoms with Crippen LogP contribution < -0.4 is 5.32 Å². The van der Waals surface area contributed by atoms with E-state index in [1.54, 1.807) is 0 Å². The van der Waals surface area contributed by atoms with Crippen molar-refractivity contribution in [2.75, 3.05) is 12.3 Å². The number of thioether (sulfide) groups is 1. The number of carbonyl (C=O) groups excluding carboxylic acids is 3. The number of nitrogens with one attached hydrogen (secondary N) is 1. The molecule has 1 rings (SSSR count). The third kappa shape index (κ3) is 5.66. The van der Waals surface area contributed by atoms with Crippen LogP contribution in [0.5, 0.6) is 0 Å². The van der Waals surface area contributed by atoms with Gasteiger partial charge in [-0.05, 0) is 19.4 Å². The van der Waals surface area contributed by atoms with Gasteiger partial charge in [0, 0.05) is 12.2 Å². The predicted octanol–water partition coefficient (Wildman–Crippen LogP) is 1.66. The fourth-order valence-corrected chi connectivity index (χ4v) is 2.58. The molecule has 0 bridgehead atoms. The van der Waals surface area contributed by atoms with Crippen molar-refractivity contribution >= 4 is 28.8 Å². The number of rotatable bonds is 5. The standard InChI is InChI=1S/C12H16F3NO4S/c1-2-9(17)21-6-7(12(13,14)15)10(18)20-11(19)8-4-3-5-16-8/h7-8,16H,2-6H2,1H3/t7?,8-/m0/s1. The summed E-state index contributed by atoms with van der Waals surface area (Å²) in [5.41, 5.74) is 0. The molecule has 1 fully saturated rings. The van der Waals surface area contributed by atoms with Crippen LogP contribution in [0, 0.1) is 5.92 Å². The molecule has 2 atom stereocenters. The van der Waals surface area contributed by atoms with Crippen LogP contribution in [0.4, 0.5) is 13.2 Å². The van der Waals surface area contributed by atoms with Crippen molar-refractivity contribution in [2.24, 2.45) is 5.92 Å². The molecular weight excluding hydrogens is 311 g/mol. The number of alkyl halides is 3. The minimum absolute atomic E-state index is 0.0647. The van der Waals surface area contributed by atoms with Crippen LogP contribution in [0.15, 0.2) is 0 Å². The fourth-order valence-electron chi connectivity index (χ4n) is 1.70. The van der Waals surface area contributed by atoms with Gasteiger partial charge < -0.3 is 10.1 Å². The molecule has 0 aromatic heterocycles. The highest BCUT2D eigenvalue weighted by molar-refractivity contribution is 8.13. The van der Waals surface area contributed by atoms with E-state index < -0.39 is 40.9 Å². The molecule has 1 N–H and O–H groups in total. The van der Waals surface area contributed by atoms with Gasteiger partial charge in [0.1, 0.15) is 6.04 Å². The molecule has 1 aliphatic heterocycles. The average Bonchev–Trinajstić information content (AvgIpc) is 2.90. The summed E-state index contributed by atoms with van der Waals surface area (Å²) in [7, 11) is 0. The van der Waals surface area contributed by atoms with Crippen molar-refractivity contribution in [1.82, 2.24) is 5.32 Å². The molecule has 0 aromatic carbocycles. The maximum atomic E-state index is 12.8. The van der Waals surface area contributed by atoms with Crippen molar-refractivity contribution in [3.8, 4) is 0 Å². The Balaban J connectivity index is 2.62. The van der Waals surface area contributed by atoms with Crippen LogP contribution in [0.25, 0.3) is 0 Å². The second-order valence-corrected chi connectivity index (χ2v) is 5.60. The molecule has 5 nitrogen and oxygen atoms in total. The highest BCUT2D eigenvalue weighted by Gasteiger charge is 2.47. The minimum atomic E-state index is -4.86. The highest BCUT2D eigenvalue weighted by atomic mass is 32.2. The molecule has 1 saturated heterocycles. The lowest BCUT2D eigenvalue weighted by Gasteiger charge is -2.18. The van der Waals surface area contributed by atoms with Crippen molar-refractivity contribution < 1.29 is 32.3 Å². The Hall–Kier alpha value is -1.09. The molecule has 0 aromatic rings. The van der Waals surface area contributed by atoms with Crippen molar-refractivity contribution in [2.45, 2.75) is 38.4 Å². The van der Waals surface area contributed by atoms with Gasteiger partial charge >= 0.3 is 18.1 Å². The summed E-state index contributed by atoms with van der Waals surface area (Å²) in [6, 6.07) is -0.743. The number of ether oxygens (including phenoxy) is 1. The average molecular weight is 327 g/mol. The zero-order valence-electron chi connectivity index (χ0n) is 11.4. The molecule has 120 valence electrons. The highest BCUT2D eigenvalue weighted by Crippen LogP contribution is 2.31. The SMILES string of the molecule is CCC(=O)SCC(C(=O)OC(=O)[C@@H]1CCCN1)C(F)(F)F. The lowest BCUT2D eigenvalue weighted by atomic mass is 10.2. The predicted molar refractivity (Wildman–Crippen MR) is 69.4 cm³/mol. The summed E-state index contributed by atoms with van der Waals surface area (Å²) in [6.07, 6.45) is -3.68. The summed E-state index contributed by atoms with van der Waals surface area (Å²) in [5.74, 6) is -5.92. The van der Waals surface area contributed by atoms with Gasteiger partial charge in [0.25, 0.3) is 0 Å². The van der Waals surface area contributed by atoms with Gasteiger partial charge in [-0.1, -0.05) is 18.7 Å². The van der Waals surface area contributed by atoms with E-state index in [1.165, 1.54) is 6.92 Å². The van der Waals surface area contributed by atoms with E-state index in [-0.39, 0.29) is 6.42 Å². The molecule has 1 heterocycles. The normalized spacial score (nSPS) is 20.1. The lowest BCUT2D eigenvalue weighted by molar-refractivity contribution is -0.195. The van der Waals surface area contributed by atoms with E-state index in [1.807, 2.05) is 0 Å². The fraction of sp³-hybridized carbons (Fsp3) is 0.750. The van der Waals surface area contributed by atoms with Gasteiger partial charge in [-0.2, -0.15) is 13.2 Å². The van der Waals surface area contributed by atoms with Crippen LogP contribution in [0.3, 0.4) is 0 Å². The Morgan fingerprint density at radius 3 is 2.52 bits per heavy atom. The van der Waals surface area contributed by atoms with Gasteiger partial charge in [0.15, 0.2) is 11.0 Å². The summed E-state index contributed by atoms with van der Waals surface area (Å²) in [6.45, 7) is 2.06. The Morgan fingerprint density at radius 2 is 2.05 bits per heavy atom. The number of esters is 2. The third-order valence-corrected chi connectivity index (χ3v) is 4.04. The summed E-state index contributed by atoms with van der Waals surface area (Å²) in [4.78, 5) is 34.1. The molecule has 1 unspecified atom stereocenters. The monoisotopic (exact) mass is 327 g/mol. The first-order chi connectivity index (χ1) is 9.75. The smallest absolute Gasteiger partial charge is 0.391 e. The van der Waals surface area contributed by atoms with E-state index in [0.717, 1.165) is 0 Å². The van der Waals surface area contributed by atoms with Crippen molar-refractivity contribution in [3.63, 3.8) is 0 Å². The summed E-state index contributed by atoms with van der Waals surface area (Å²) in [5, 5.41) is 2.27. The molecule has 0 spiro atoms. The number of halogens is 3. The van der Waals surface area contributed by atoms with E-state index in [9.17, 15) is 27.6 Å². The van der Waals surface area contributed by atoms with E-state index in [2.05, 4.69) is 10.1 Å². The summed E-state index contributed by atoms with van der Waals surface area (Å²) >= 11 is 0.412. The molecule has 0 aliphatic carbocycles. The van der Waals surface area contributed by atoms with Crippen LogP contribution in [0.1, 0.15) is 26.2 Å².